The first-order valence-electron chi connectivity index (χ1n) is 10.8. The number of pyridine rings is 1. The highest BCUT2D eigenvalue weighted by atomic mass is 15.1. The van der Waals surface area contributed by atoms with Crippen LogP contribution in [0.3, 0.4) is 0 Å². The Hall–Kier alpha value is -2.18. The second-order valence-corrected chi connectivity index (χ2v) is 8.94. The molecule has 0 saturated heterocycles. The van der Waals surface area contributed by atoms with Crippen LogP contribution in [-0.2, 0) is 13.0 Å². The number of hydrogen-bond acceptors (Lipinski definition) is 5. The number of fused-ring (bicyclic) bond motifs is 3. The molecule has 0 atom stereocenters. The molecule has 29 heavy (non-hydrogen) atoms. The van der Waals surface area contributed by atoms with E-state index in [1.807, 2.05) is 0 Å². The van der Waals surface area contributed by atoms with Gasteiger partial charge in [-0.05, 0) is 71.8 Å². The van der Waals surface area contributed by atoms with Crippen LogP contribution in [-0.4, -0.2) is 45.5 Å². The largest absolute Gasteiger partial charge is 0.382 e. The molecule has 0 aliphatic carbocycles. The lowest BCUT2D eigenvalue weighted by atomic mass is 10.0. The Balaban J connectivity index is 1.66. The molecule has 1 aromatic carbocycles. The maximum absolute atomic E-state index is 6.20. The fourth-order valence-electron chi connectivity index (χ4n) is 3.54. The Morgan fingerprint density at radius 1 is 1.14 bits per heavy atom. The van der Waals surface area contributed by atoms with Gasteiger partial charge in [0, 0.05) is 10.9 Å². The van der Waals surface area contributed by atoms with Crippen LogP contribution in [0.15, 0.2) is 18.2 Å². The second kappa shape index (κ2) is 9.09. The normalized spacial score (nSPS) is 12.5. The summed E-state index contributed by atoms with van der Waals surface area (Å²) in [6.07, 6.45) is 4.73. The van der Waals surface area contributed by atoms with Crippen molar-refractivity contribution < 1.29 is 0 Å². The lowest BCUT2D eigenvalue weighted by Gasteiger charge is -2.31. The zero-order chi connectivity index (χ0) is 21.0. The van der Waals surface area contributed by atoms with Crippen molar-refractivity contribution in [3.05, 3.63) is 29.6 Å². The van der Waals surface area contributed by atoms with Crippen molar-refractivity contribution in [2.24, 2.45) is 0 Å². The maximum atomic E-state index is 6.20. The molecular weight excluding hydrogens is 360 g/mol. The average Bonchev–Trinajstić information content (AvgIpc) is 3.10. The molecule has 6 heteroatoms. The minimum Gasteiger partial charge on any atom is -0.382 e. The highest BCUT2D eigenvalue weighted by Crippen LogP contribution is 2.27. The zero-order valence-corrected chi connectivity index (χ0v) is 18.6. The molecule has 158 valence electrons. The van der Waals surface area contributed by atoms with E-state index in [0.717, 1.165) is 47.3 Å². The number of benzene rings is 1. The summed E-state index contributed by atoms with van der Waals surface area (Å²) in [5.74, 6) is 1.39. The number of aromatic amines is 1. The van der Waals surface area contributed by atoms with E-state index in [0.29, 0.717) is 12.4 Å². The van der Waals surface area contributed by atoms with Crippen molar-refractivity contribution in [3.63, 3.8) is 0 Å². The van der Waals surface area contributed by atoms with Crippen molar-refractivity contribution in [2.75, 3.05) is 25.9 Å². The number of imidazole rings is 1. The standard InChI is InChI=1S/C23H36N6/c1-6-25-15-19-27-20-17-12-11-16(14-18(17)26-22(24)21(20)28-19)10-8-7-9-13-29(5)23(2,3)4/h11-12,14,25H,6-10,13,15H2,1-5H3,(H2,24,26)(H,27,28). The molecule has 6 nitrogen and oxygen atoms in total. The van der Waals surface area contributed by atoms with Crippen LogP contribution < -0.4 is 11.1 Å². The summed E-state index contributed by atoms with van der Waals surface area (Å²) < 4.78 is 0. The van der Waals surface area contributed by atoms with Gasteiger partial charge in [-0.15, -0.1) is 0 Å². The third-order valence-corrected chi connectivity index (χ3v) is 5.71. The fraction of sp³-hybridized carbons (Fsp3) is 0.565. The number of nitrogen functional groups attached to an aromatic ring is 1. The monoisotopic (exact) mass is 396 g/mol. The lowest BCUT2D eigenvalue weighted by Crippen LogP contribution is -2.38. The number of hydrogen-bond donors (Lipinski definition) is 3. The fourth-order valence-corrected chi connectivity index (χ4v) is 3.54. The van der Waals surface area contributed by atoms with Crippen LogP contribution in [0.2, 0.25) is 0 Å². The first kappa shape index (κ1) is 21.5. The summed E-state index contributed by atoms with van der Waals surface area (Å²) in [4.78, 5) is 15.1. The van der Waals surface area contributed by atoms with Crippen molar-refractivity contribution in [2.45, 2.75) is 65.5 Å². The number of H-pyrrole nitrogens is 1. The Kier molecular flexibility index (Phi) is 6.75. The van der Waals surface area contributed by atoms with Crippen LogP contribution in [0.25, 0.3) is 21.9 Å². The molecule has 2 aromatic heterocycles. The molecule has 0 aliphatic heterocycles. The summed E-state index contributed by atoms with van der Waals surface area (Å²) in [6.45, 7) is 11.6. The number of aryl methyl sites for hydroxylation is 1. The van der Waals surface area contributed by atoms with E-state index in [1.165, 1.54) is 24.8 Å². The highest BCUT2D eigenvalue weighted by Gasteiger charge is 2.16. The summed E-state index contributed by atoms with van der Waals surface area (Å²) >= 11 is 0. The Morgan fingerprint density at radius 3 is 2.66 bits per heavy atom. The quantitative estimate of drug-likeness (QED) is 0.471. The minimum absolute atomic E-state index is 0.244. The van der Waals surface area contributed by atoms with Crippen LogP contribution in [0, 0.1) is 0 Å². The molecule has 0 amide bonds. The van der Waals surface area contributed by atoms with Gasteiger partial charge < -0.3 is 20.9 Å². The number of nitrogens with one attached hydrogen (secondary N) is 2. The van der Waals surface area contributed by atoms with E-state index in [-0.39, 0.29) is 5.54 Å². The van der Waals surface area contributed by atoms with Gasteiger partial charge in [-0.1, -0.05) is 25.5 Å². The third kappa shape index (κ3) is 5.25. The highest BCUT2D eigenvalue weighted by molar-refractivity contribution is 6.06. The van der Waals surface area contributed by atoms with Crippen LogP contribution in [0.1, 0.15) is 58.3 Å². The Labute approximate surface area is 174 Å². The van der Waals surface area contributed by atoms with E-state index in [2.05, 4.69) is 78.1 Å². The van der Waals surface area contributed by atoms with E-state index >= 15 is 0 Å². The first-order valence-corrected chi connectivity index (χ1v) is 10.8. The van der Waals surface area contributed by atoms with E-state index in [4.69, 9.17) is 5.73 Å². The first-order chi connectivity index (χ1) is 13.8. The summed E-state index contributed by atoms with van der Waals surface area (Å²) in [5, 5.41) is 4.38. The molecule has 0 saturated carbocycles. The average molecular weight is 397 g/mol. The molecule has 0 unspecified atom stereocenters. The van der Waals surface area contributed by atoms with Crippen molar-refractivity contribution in [3.8, 4) is 0 Å². The molecule has 0 radical (unpaired) electrons. The molecule has 0 aliphatic rings. The van der Waals surface area contributed by atoms with E-state index < -0.39 is 0 Å². The Morgan fingerprint density at radius 2 is 1.93 bits per heavy atom. The predicted molar refractivity (Wildman–Crippen MR) is 123 cm³/mol. The van der Waals surface area contributed by atoms with E-state index in [9.17, 15) is 0 Å². The number of aromatic nitrogens is 3. The molecule has 0 bridgehead atoms. The van der Waals surface area contributed by atoms with Crippen LogP contribution >= 0.6 is 0 Å². The summed E-state index contributed by atoms with van der Waals surface area (Å²) in [7, 11) is 2.21. The van der Waals surface area contributed by atoms with Gasteiger partial charge in [0.1, 0.15) is 11.3 Å². The summed E-state index contributed by atoms with van der Waals surface area (Å²) in [5.41, 5.74) is 10.5. The van der Waals surface area contributed by atoms with Crippen molar-refractivity contribution in [1.82, 2.24) is 25.2 Å². The van der Waals surface area contributed by atoms with Gasteiger partial charge >= 0.3 is 0 Å². The van der Waals surface area contributed by atoms with Crippen LogP contribution in [0.5, 0.6) is 0 Å². The van der Waals surface area contributed by atoms with Gasteiger partial charge in [-0.25, -0.2) is 9.97 Å². The van der Waals surface area contributed by atoms with Gasteiger partial charge in [0.15, 0.2) is 5.82 Å². The van der Waals surface area contributed by atoms with Crippen molar-refractivity contribution in [1.29, 1.82) is 0 Å². The van der Waals surface area contributed by atoms with Crippen molar-refractivity contribution >= 4 is 27.8 Å². The molecule has 3 aromatic rings. The molecule has 2 heterocycles. The van der Waals surface area contributed by atoms with Gasteiger partial charge in [-0.3, -0.25) is 0 Å². The predicted octanol–water partition coefficient (Wildman–Crippen LogP) is 4.25. The molecule has 4 N–H and O–H groups in total. The van der Waals surface area contributed by atoms with Gasteiger partial charge in [0.25, 0.3) is 0 Å². The van der Waals surface area contributed by atoms with E-state index in [1.54, 1.807) is 0 Å². The Bertz CT molecular complexity index is 953. The number of nitrogens with two attached hydrogens (primary N) is 1. The molecule has 0 fully saturated rings. The third-order valence-electron chi connectivity index (χ3n) is 5.71. The topological polar surface area (TPSA) is 82.9 Å². The van der Waals surface area contributed by atoms with Crippen LogP contribution in [0.4, 0.5) is 5.82 Å². The zero-order valence-electron chi connectivity index (χ0n) is 18.6. The second-order valence-electron chi connectivity index (χ2n) is 8.94. The van der Waals surface area contributed by atoms with Gasteiger partial charge in [0.2, 0.25) is 0 Å². The number of rotatable bonds is 9. The van der Waals surface area contributed by atoms with Gasteiger partial charge in [0.05, 0.1) is 17.6 Å². The molecule has 0 spiro atoms. The SMILES string of the molecule is CCNCc1nc2c(N)nc3cc(CCCCCN(C)C(C)(C)C)ccc3c2[nH]1. The molecular formula is C23H36N6. The molecule has 3 rings (SSSR count). The summed E-state index contributed by atoms with van der Waals surface area (Å²) in [6, 6.07) is 6.55. The number of anilines is 1. The number of unbranched alkanes of at least 4 members (excludes halogenated alkanes) is 2. The maximum Gasteiger partial charge on any atom is 0.152 e. The van der Waals surface area contributed by atoms with Gasteiger partial charge in [-0.2, -0.15) is 0 Å². The lowest BCUT2D eigenvalue weighted by molar-refractivity contribution is 0.172. The smallest absolute Gasteiger partial charge is 0.152 e. The number of nitrogens with zero attached hydrogens (tertiary/aromatic N) is 3. The minimum atomic E-state index is 0.244.